The van der Waals surface area contributed by atoms with Crippen molar-refractivity contribution >= 4 is 22.6 Å². The van der Waals surface area contributed by atoms with Crippen LogP contribution in [0.2, 0.25) is 0 Å². The summed E-state index contributed by atoms with van der Waals surface area (Å²) in [6, 6.07) is 0.500. The average molecular weight is 290 g/mol. The van der Waals surface area contributed by atoms with Crippen LogP contribution in [-0.4, -0.2) is 16.1 Å². The lowest BCUT2D eigenvalue weighted by Crippen LogP contribution is -2.15. The topological polar surface area (TPSA) is 35.0 Å². The van der Waals surface area contributed by atoms with Crippen molar-refractivity contribution in [3.8, 4) is 6.01 Å². The number of rotatable bonds is 3. The molecule has 0 spiro atoms. The van der Waals surface area contributed by atoms with Crippen molar-refractivity contribution in [3.63, 3.8) is 0 Å². The summed E-state index contributed by atoms with van der Waals surface area (Å²) in [4.78, 5) is 8.18. The van der Waals surface area contributed by atoms with Crippen molar-refractivity contribution in [1.29, 1.82) is 0 Å². The van der Waals surface area contributed by atoms with Crippen LogP contribution in [0.15, 0.2) is 12.4 Å². The van der Waals surface area contributed by atoms with Crippen LogP contribution in [0, 0.1) is 9.49 Å². The Morgan fingerprint density at radius 3 is 2.62 bits per heavy atom. The maximum absolute atomic E-state index is 5.57. The van der Waals surface area contributed by atoms with Crippen LogP contribution < -0.4 is 4.74 Å². The van der Waals surface area contributed by atoms with Gasteiger partial charge in [-0.25, -0.2) is 9.97 Å². The van der Waals surface area contributed by atoms with Gasteiger partial charge in [0.25, 0.3) is 0 Å². The number of hydrogen-bond donors (Lipinski definition) is 0. The third kappa shape index (κ3) is 2.52. The van der Waals surface area contributed by atoms with E-state index in [2.05, 4.69) is 39.5 Å². The average Bonchev–Trinajstić information content (AvgIpc) is 2.91. The van der Waals surface area contributed by atoms with Gasteiger partial charge in [-0.1, -0.05) is 0 Å². The van der Waals surface area contributed by atoms with E-state index < -0.39 is 0 Å². The van der Waals surface area contributed by atoms with Crippen LogP contribution in [0.25, 0.3) is 0 Å². The summed E-state index contributed by atoms with van der Waals surface area (Å²) in [7, 11) is 0. The zero-order valence-corrected chi connectivity index (χ0v) is 9.56. The standard InChI is InChI=1S/C9H11IN2O/c1-6(7-2-3-7)13-9-11-4-8(10)5-12-9/h4-7H,2-3H2,1H3. The molecule has 4 heteroatoms. The Kier molecular flexibility index (Phi) is 2.66. The van der Waals surface area contributed by atoms with Crippen molar-refractivity contribution in [2.24, 2.45) is 5.92 Å². The number of ether oxygens (including phenoxy) is 1. The van der Waals surface area contributed by atoms with Crippen LogP contribution in [-0.2, 0) is 0 Å². The summed E-state index contributed by atoms with van der Waals surface area (Å²) in [6.07, 6.45) is 6.36. The van der Waals surface area contributed by atoms with Crippen molar-refractivity contribution < 1.29 is 4.74 Å². The number of nitrogens with zero attached hydrogens (tertiary/aromatic N) is 2. The number of aromatic nitrogens is 2. The van der Waals surface area contributed by atoms with Gasteiger partial charge < -0.3 is 4.74 Å². The van der Waals surface area contributed by atoms with Crippen molar-refractivity contribution in [2.45, 2.75) is 25.9 Å². The predicted molar refractivity (Wildman–Crippen MR) is 57.6 cm³/mol. The minimum absolute atomic E-state index is 0.264. The zero-order valence-electron chi connectivity index (χ0n) is 7.40. The Hall–Kier alpha value is -0.390. The third-order valence-electron chi connectivity index (χ3n) is 2.17. The van der Waals surface area contributed by atoms with Gasteiger partial charge >= 0.3 is 6.01 Å². The molecular weight excluding hydrogens is 279 g/mol. The van der Waals surface area contributed by atoms with E-state index in [1.165, 1.54) is 12.8 Å². The van der Waals surface area contributed by atoms with Crippen LogP contribution in [0.1, 0.15) is 19.8 Å². The highest BCUT2D eigenvalue weighted by Gasteiger charge is 2.29. The molecule has 2 rings (SSSR count). The lowest BCUT2D eigenvalue weighted by atomic mass is 10.3. The van der Waals surface area contributed by atoms with Gasteiger partial charge in [0.05, 0.1) is 0 Å². The van der Waals surface area contributed by atoms with Gasteiger partial charge in [0.15, 0.2) is 0 Å². The fourth-order valence-electron chi connectivity index (χ4n) is 1.19. The molecule has 1 aromatic heterocycles. The lowest BCUT2D eigenvalue weighted by Gasteiger charge is -2.10. The van der Waals surface area contributed by atoms with Gasteiger partial charge in [0.2, 0.25) is 0 Å². The second-order valence-electron chi connectivity index (χ2n) is 3.34. The van der Waals surface area contributed by atoms with E-state index in [1.54, 1.807) is 12.4 Å². The Labute approximate surface area is 91.1 Å². The van der Waals surface area contributed by atoms with Crippen LogP contribution in [0.5, 0.6) is 6.01 Å². The molecule has 1 aliphatic rings. The second kappa shape index (κ2) is 3.77. The largest absolute Gasteiger partial charge is 0.460 e. The Balaban J connectivity index is 1.96. The molecule has 1 fully saturated rings. The van der Waals surface area contributed by atoms with E-state index in [0.29, 0.717) is 6.01 Å². The molecule has 0 bridgehead atoms. The van der Waals surface area contributed by atoms with Crippen LogP contribution in [0.4, 0.5) is 0 Å². The molecule has 1 aliphatic carbocycles. The summed E-state index contributed by atoms with van der Waals surface area (Å²) in [5.74, 6) is 0.725. The van der Waals surface area contributed by atoms with Crippen LogP contribution >= 0.6 is 22.6 Å². The molecule has 0 saturated heterocycles. The first-order valence-corrected chi connectivity index (χ1v) is 5.48. The normalized spacial score (nSPS) is 18.3. The SMILES string of the molecule is CC(Oc1ncc(I)cn1)C1CC1. The van der Waals surface area contributed by atoms with Gasteiger partial charge in [0, 0.05) is 16.0 Å². The van der Waals surface area contributed by atoms with Gasteiger partial charge in [-0.05, 0) is 48.3 Å². The van der Waals surface area contributed by atoms with E-state index in [1.807, 2.05) is 0 Å². The fraction of sp³-hybridized carbons (Fsp3) is 0.556. The van der Waals surface area contributed by atoms with Gasteiger partial charge in [-0.3, -0.25) is 0 Å². The summed E-state index contributed by atoms with van der Waals surface area (Å²) in [5.41, 5.74) is 0. The first-order chi connectivity index (χ1) is 6.25. The van der Waals surface area contributed by atoms with Crippen molar-refractivity contribution in [3.05, 3.63) is 16.0 Å². The minimum Gasteiger partial charge on any atom is -0.460 e. The maximum Gasteiger partial charge on any atom is 0.316 e. The fourth-order valence-corrected chi connectivity index (χ4v) is 1.47. The third-order valence-corrected chi connectivity index (χ3v) is 2.73. The first-order valence-electron chi connectivity index (χ1n) is 4.40. The lowest BCUT2D eigenvalue weighted by molar-refractivity contribution is 0.181. The monoisotopic (exact) mass is 290 g/mol. The molecular formula is C9H11IN2O. The highest BCUT2D eigenvalue weighted by molar-refractivity contribution is 14.1. The van der Waals surface area contributed by atoms with Crippen molar-refractivity contribution in [2.75, 3.05) is 0 Å². The summed E-state index contributed by atoms with van der Waals surface area (Å²) < 4.78 is 6.60. The minimum atomic E-state index is 0.264. The Morgan fingerprint density at radius 2 is 2.08 bits per heavy atom. The molecule has 0 amide bonds. The summed E-state index contributed by atoms with van der Waals surface area (Å²) in [5, 5.41) is 0. The molecule has 1 atom stereocenters. The highest BCUT2D eigenvalue weighted by atomic mass is 127. The van der Waals surface area contributed by atoms with E-state index >= 15 is 0 Å². The molecule has 1 aromatic rings. The van der Waals surface area contributed by atoms with Crippen molar-refractivity contribution in [1.82, 2.24) is 9.97 Å². The zero-order chi connectivity index (χ0) is 9.26. The molecule has 0 radical (unpaired) electrons. The van der Waals surface area contributed by atoms with E-state index in [9.17, 15) is 0 Å². The summed E-state index contributed by atoms with van der Waals surface area (Å²) in [6.45, 7) is 2.08. The molecule has 1 unspecified atom stereocenters. The Bertz CT molecular complexity index is 284. The molecule has 1 saturated carbocycles. The Morgan fingerprint density at radius 1 is 1.46 bits per heavy atom. The molecule has 0 aliphatic heterocycles. The van der Waals surface area contributed by atoms with E-state index in [0.717, 1.165) is 9.49 Å². The maximum atomic E-state index is 5.57. The molecule has 1 heterocycles. The van der Waals surface area contributed by atoms with Gasteiger partial charge in [-0.2, -0.15) is 0 Å². The number of hydrogen-bond acceptors (Lipinski definition) is 3. The highest BCUT2D eigenvalue weighted by Crippen LogP contribution is 2.33. The summed E-state index contributed by atoms with van der Waals surface area (Å²) >= 11 is 2.18. The number of halogens is 1. The van der Waals surface area contributed by atoms with Gasteiger partial charge in [0.1, 0.15) is 6.10 Å². The second-order valence-corrected chi connectivity index (χ2v) is 4.59. The molecule has 70 valence electrons. The molecule has 0 N–H and O–H groups in total. The molecule has 0 aromatic carbocycles. The molecule has 3 nitrogen and oxygen atoms in total. The molecule has 13 heavy (non-hydrogen) atoms. The van der Waals surface area contributed by atoms with E-state index in [-0.39, 0.29) is 6.10 Å². The quantitative estimate of drug-likeness (QED) is 0.801. The predicted octanol–water partition coefficient (Wildman–Crippen LogP) is 2.26. The van der Waals surface area contributed by atoms with Gasteiger partial charge in [-0.15, -0.1) is 0 Å². The van der Waals surface area contributed by atoms with Crippen LogP contribution in [0.3, 0.4) is 0 Å². The first kappa shape index (κ1) is 9.18. The van der Waals surface area contributed by atoms with E-state index in [4.69, 9.17) is 4.74 Å². The smallest absolute Gasteiger partial charge is 0.316 e.